The van der Waals surface area contributed by atoms with Crippen LogP contribution in [0.1, 0.15) is 6.42 Å². The lowest BCUT2D eigenvalue weighted by Gasteiger charge is -2.16. The van der Waals surface area contributed by atoms with E-state index in [9.17, 15) is 14.4 Å². The van der Waals surface area contributed by atoms with E-state index >= 15 is 0 Å². The molecule has 0 aliphatic carbocycles. The zero-order valence-electron chi connectivity index (χ0n) is 8.65. The van der Waals surface area contributed by atoms with Crippen LogP contribution in [0.5, 0.6) is 0 Å². The molecule has 7 nitrogen and oxygen atoms in total. The van der Waals surface area contributed by atoms with E-state index in [1.54, 1.807) is 0 Å². The molecule has 2 amide bonds. The Hall–Kier alpha value is -1.79. The summed E-state index contributed by atoms with van der Waals surface area (Å²) in [6.45, 7) is -0.264. The molecule has 0 bridgehead atoms. The minimum Gasteiger partial charge on any atom is -0.480 e. The highest BCUT2D eigenvalue weighted by atomic mass is 16.5. The van der Waals surface area contributed by atoms with Gasteiger partial charge in [0, 0.05) is 13.6 Å². The van der Waals surface area contributed by atoms with Crippen molar-refractivity contribution in [1.29, 1.82) is 0 Å². The molecule has 0 aromatic carbocycles. The maximum atomic E-state index is 11.1. The van der Waals surface area contributed by atoms with Crippen molar-refractivity contribution in [3.63, 3.8) is 0 Å². The number of nitrogens with one attached hydrogen (secondary N) is 1. The summed E-state index contributed by atoms with van der Waals surface area (Å²) < 4.78 is 4.39. The van der Waals surface area contributed by atoms with Gasteiger partial charge in [0.2, 0.25) is 0 Å². The van der Waals surface area contributed by atoms with Crippen LogP contribution in [0, 0.1) is 0 Å². The Morgan fingerprint density at radius 3 is 2.47 bits per heavy atom. The van der Waals surface area contributed by atoms with Crippen molar-refractivity contribution in [2.45, 2.75) is 6.42 Å². The number of hydrogen-bond acceptors (Lipinski definition) is 4. The van der Waals surface area contributed by atoms with E-state index in [0.29, 0.717) is 0 Å². The maximum Gasteiger partial charge on any atom is 0.323 e. The first-order valence-electron chi connectivity index (χ1n) is 4.25. The van der Waals surface area contributed by atoms with Crippen molar-refractivity contribution in [3.05, 3.63) is 0 Å². The van der Waals surface area contributed by atoms with Crippen molar-refractivity contribution in [2.75, 3.05) is 27.2 Å². The second-order valence-corrected chi connectivity index (χ2v) is 2.80. The summed E-state index contributed by atoms with van der Waals surface area (Å²) in [7, 11) is 2.72. The van der Waals surface area contributed by atoms with Gasteiger partial charge >= 0.3 is 18.0 Å². The molecule has 0 aliphatic rings. The first kappa shape index (κ1) is 13.2. The number of nitrogens with zero attached hydrogens (tertiary/aromatic N) is 1. The largest absolute Gasteiger partial charge is 0.480 e. The third-order valence-corrected chi connectivity index (χ3v) is 1.62. The number of rotatable bonds is 5. The number of hydrogen-bond donors (Lipinski definition) is 2. The first-order chi connectivity index (χ1) is 6.97. The van der Waals surface area contributed by atoms with Gasteiger partial charge in [0.15, 0.2) is 0 Å². The molecular formula is C8H14N2O5. The summed E-state index contributed by atoms with van der Waals surface area (Å²) in [5.74, 6) is -1.54. The molecule has 0 radical (unpaired) electrons. The van der Waals surface area contributed by atoms with Gasteiger partial charge in [0.1, 0.15) is 6.54 Å². The Labute approximate surface area is 87.0 Å². The molecule has 0 unspecified atom stereocenters. The summed E-state index contributed by atoms with van der Waals surface area (Å²) in [6.07, 6.45) is 0.0769. The van der Waals surface area contributed by atoms with Crippen molar-refractivity contribution in [1.82, 2.24) is 10.2 Å². The molecule has 86 valence electrons. The third-order valence-electron chi connectivity index (χ3n) is 1.62. The Bertz CT molecular complexity index is 253. The van der Waals surface area contributed by atoms with Gasteiger partial charge < -0.3 is 20.1 Å². The molecule has 2 N–H and O–H groups in total. The first-order valence-corrected chi connectivity index (χ1v) is 4.25. The van der Waals surface area contributed by atoms with Crippen molar-refractivity contribution in [3.8, 4) is 0 Å². The fraction of sp³-hybridized carbons (Fsp3) is 0.625. The van der Waals surface area contributed by atoms with Crippen LogP contribution in [0.3, 0.4) is 0 Å². The summed E-state index contributed by atoms with van der Waals surface area (Å²) >= 11 is 0. The van der Waals surface area contributed by atoms with Crippen LogP contribution in [0.4, 0.5) is 4.79 Å². The molecule has 0 aliphatic heterocycles. The van der Waals surface area contributed by atoms with Crippen molar-refractivity contribution >= 4 is 18.0 Å². The molecule has 0 atom stereocenters. The SMILES string of the molecule is COC(=O)CCN(C)C(=O)NCC(=O)O. The zero-order valence-corrected chi connectivity index (χ0v) is 8.65. The smallest absolute Gasteiger partial charge is 0.323 e. The number of carbonyl (C=O) groups is 3. The summed E-state index contributed by atoms with van der Waals surface area (Å²) in [6, 6.07) is -0.540. The standard InChI is InChI=1S/C8H14N2O5/c1-10(4-3-7(13)15-2)8(14)9-5-6(11)12/h3-5H2,1-2H3,(H,9,14)(H,11,12). The van der Waals surface area contributed by atoms with E-state index in [1.807, 2.05) is 0 Å². The Morgan fingerprint density at radius 1 is 1.40 bits per heavy atom. The number of esters is 1. The third kappa shape index (κ3) is 6.30. The number of amides is 2. The summed E-state index contributed by atoms with van der Waals surface area (Å²) in [5.41, 5.74) is 0. The second kappa shape index (κ2) is 6.63. The summed E-state index contributed by atoms with van der Waals surface area (Å²) in [5, 5.41) is 10.5. The van der Waals surface area contributed by atoms with Crippen LogP contribution in [0.2, 0.25) is 0 Å². The lowest BCUT2D eigenvalue weighted by molar-refractivity contribution is -0.141. The van der Waals surface area contributed by atoms with Crippen molar-refractivity contribution < 1.29 is 24.2 Å². The lowest BCUT2D eigenvalue weighted by atomic mass is 10.4. The van der Waals surface area contributed by atoms with Crippen LogP contribution in [-0.4, -0.2) is 55.2 Å². The molecule has 0 heterocycles. The van der Waals surface area contributed by atoms with Gasteiger partial charge in [-0.2, -0.15) is 0 Å². The molecule has 7 heteroatoms. The number of carboxylic acid groups (broad SMARTS) is 1. The number of carboxylic acids is 1. The van der Waals surface area contributed by atoms with E-state index < -0.39 is 24.5 Å². The van der Waals surface area contributed by atoms with Crippen LogP contribution in [0.15, 0.2) is 0 Å². The Balaban J connectivity index is 3.78. The Kier molecular flexibility index (Phi) is 5.84. The zero-order chi connectivity index (χ0) is 11.8. The molecule has 0 aromatic rings. The molecule has 0 fully saturated rings. The van der Waals surface area contributed by atoms with Crippen LogP contribution in [0.25, 0.3) is 0 Å². The molecule has 0 saturated heterocycles. The fourth-order valence-electron chi connectivity index (χ4n) is 0.749. The van der Waals surface area contributed by atoms with Gasteiger partial charge in [-0.25, -0.2) is 4.79 Å². The number of aliphatic carboxylic acids is 1. The number of carbonyl (C=O) groups excluding carboxylic acids is 2. The van der Waals surface area contributed by atoms with Crippen LogP contribution in [-0.2, 0) is 14.3 Å². The molecule has 0 aromatic heterocycles. The van der Waals surface area contributed by atoms with Gasteiger partial charge in [-0.15, -0.1) is 0 Å². The molecule has 15 heavy (non-hydrogen) atoms. The predicted octanol–water partition coefficient (Wildman–Crippen LogP) is -0.724. The summed E-state index contributed by atoms with van der Waals surface area (Å²) in [4.78, 5) is 33.2. The van der Waals surface area contributed by atoms with Gasteiger partial charge in [-0.3, -0.25) is 9.59 Å². The number of ether oxygens (including phenoxy) is 1. The Morgan fingerprint density at radius 2 is 2.00 bits per heavy atom. The second-order valence-electron chi connectivity index (χ2n) is 2.80. The van der Waals surface area contributed by atoms with Crippen LogP contribution >= 0.6 is 0 Å². The minimum atomic E-state index is -1.12. The van der Waals surface area contributed by atoms with E-state index in [1.165, 1.54) is 19.1 Å². The van der Waals surface area contributed by atoms with Crippen LogP contribution < -0.4 is 5.32 Å². The van der Waals surface area contributed by atoms with Gasteiger partial charge in [0.25, 0.3) is 0 Å². The average molecular weight is 218 g/mol. The molecule has 0 saturated carbocycles. The quantitative estimate of drug-likeness (QED) is 0.593. The van der Waals surface area contributed by atoms with E-state index in [4.69, 9.17) is 5.11 Å². The van der Waals surface area contributed by atoms with Gasteiger partial charge in [-0.05, 0) is 0 Å². The van der Waals surface area contributed by atoms with Gasteiger partial charge in [-0.1, -0.05) is 0 Å². The topological polar surface area (TPSA) is 95.9 Å². The molecular weight excluding hydrogens is 204 g/mol. The predicted molar refractivity (Wildman–Crippen MR) is 50.3 cm³/mol. The highest BCUT2D eigenvalue weighted by molar-refractivity contribution is 5.80. The monoisotopic (exact) mass is 218 g/mol. The van der Waals surface area contributed by atoms with E-state index in [-0.39, 0.29) is 13.0 Å². The molecule has 0 spiro atoms. The normalized spacial score (nSPS) is 9.20. The van der Waals surface area contributed by atoms with E-state index in [2.05, 4.69) is 10.1 Å². The highest BCUT2D eigenvalue weighted by Gasteiger charge is 2.11. The van der Waals surface area contributed by atoms with Crippen molar-refractivity contribution in [2.24, 2.45) is 0 Å². The number of methoxy groups -OCH3 is 1. The van der Waals surface area contributed by atoms with Gasteiger partial charge in [0.05, 0.1) is 13.5 Å². The lowest BCUT2D eigenvalue weighted by Crippen LogP contribution is -2.40. The maximum absolute atomic E-state index is 11.1. The fourth-order valence-corrected chi connectivity index (χ4v) is 0.749. The number of urea groups is 1. The molecule has 0 rings (SSSR count). The average Bonchev–Trinajstić information content (AvgIpc) is 2.21. The highest BCUT2D eigenvalue weighted by Crippen LogP contribution is 1.90. The minimum absolute atomic E-state index is 0.0769. The van der Waals surface area contributed by atoms with E-state index in [0.717, 1.165) is 0 Å².